The number of carbonyl (C=O) groups is 2. The summed E-state index contributed by atoms with van der Waals surface area (Å²) in [4.78, 5) is 25.5. The molecule has 5 heteroatoms. The first-order valence-corrected chi connectivity index (χ1v) is 27.8. The molecule has 5 nitrogen and oxygen atoms in total. The third-order valence-corrected chi connectivity index (χ3v) is 11.6. The lowest BCUT2D eigenvalue weighted by Gasteiger charge is -2.18. The van der Waals surface area contributed by atoms with Crippen LogP contribution in [0.25, 0.3) is 0 Å². The largest absolute Gasteiger partial charge is 0.462 e. The number of rotatable bonds is 50. The van der Waals surface area contributed by atoms with Crippen LogP contribution in [0.5, 0.6) is 0 Å². The van der Waals surface area contributed by atoms with E-state index in [-0.39, 0.29) is 25.2 Å². The molecule has 66 heavy (non-hydrogen) atoms. The molecule has 1 atom stereocenters. The van der Waals surface area contributed by atoms with Gasteiger partial charge in [0.15, 0.2) is 6.10 Å². The topological polar surface area (TPSA) is 61.8 Å². The Morgan fingerprint density at radius 3 is 1.09 bits per heavy atom. The average Bonchev–Trinajstić information content (AvgIpc) is 3.32. The van der Waals surface area contributed by atoms with Gasteiger partial charge in [0.25, 0.3) is 0 Å². The van der Waals surface area contributed by atoms with Gasteiger partial charge in [0.2, 0.25) is 0 Å². The third kappa shape index (κ3) is 53.4. The van der Waals surface area contributed by atoms with Crippen molar-refractivity contribution < 1.29 is 23.8 Å². The van der Waals surface area contributed by atoms with Crippen LogP contribution in [0.15, 0.2) is 97.2 Å². The SMILES string of the molecule is CC/C=C\C/C=C\C/C=C\CCCCCCOCC(COC(=O)CCCCCCCC/C=C\C/C=C\C/C=C\CCCCC)OC(=O)CCCCCCCCC/C=C\C/C=C\CCCCC. The Balaban J connectivity index is 4.34. The quantitative estimate of drug-likeness (QED) is 0.0346. The monoisotopic (exact) mass is 917 g/mol. The third-order valence-electron chi connectivity index (χ3n) is 11.6. The van der Waals surface area contributed by atoms with Gasteiger partial charge in [-0.05, 0) is 122 Å². The number of hydrogen-bond donors (Lipinski definition) is 0. The molecule has 1 unspecified atom stereocenters. The van der Waals surface area contributed by atoms with Crippen LogP contribution in [0.2, 0.25) is 0 Å². The van der Waals surface area contributed by atoms with Crippen molar-refractivity contribution in [3.8, 4) is 0 Å². The summed E-state index contributed by atoms with van der Waals surface area (Å²) in [5, 5.41) is 0. The minimum atomic E-state index is -0.563. The Bertz CT molecular complexity index is 1270. The molecule has 0 saturated carbocycles. The zero-order valence-electron chi connectivity index (χ0n) is 43.4. The van der Waals surface area contributed by atoms with E-state index in [2.05, 4.69) is 118 Å². The predicted octanol–water partition coefficient (Wildman–Crippen LogP) is 19.0. The van der Waals surface area contributed by atoms with Crippen molar-refractivity contribution >= 4 is 11.9 Å². The van der Waals surface area contributed by atoms with E-state index in [9.17, 15) is 9.59 Å². The van der Waals surface area contributed by atoms with Crippen LogP contribution in [-0.2, 0) is 23.8 Å². The van der Waals surface area contributed by atoms with Crippen LogP contribution < -0.4 is 0 Å². The lowest BCUT2D eigenvalue weighted by Crippen LogP contribution is -2.30. The van der Waals surface area contributed by atoms with Crippen LogP contribution >= 0.6 is 0 Å². The summed E-state index contributed by atoms with van der Waals surface area (Å²) in [7, 11) is 0. The van der Waals surface area contributed by atoms with E-state index in [1.54, 1.807) is 0 Å². The van der Waals surface area contributed by atoms with Crippen LogP contribution in [0, 0.1) is 0 Å². The highest BCUT2D eigenvalue weighted by atomic mass is 16.6. The van der Waals surface area contributed by atoms with Gasteiger partial charge in [-0.15, -0.1) is 0 Å². The highest BCUT2D eigenvalue weighted by Crippen LogP contribution is 2.14. The first kappa shape index (κ1) is 62.8. The van der Waals surface area contributed by atoms with Crippen molar-refractivity contribution in [1.29, 1.82) is 0 Å². The highest BCUT2D eigenvalue weighted by molar-refractivity contribution is 5.70. The van der Waals surface area contributed by atoms with E-state index in [1.165, 1.54) is 116 Å². The van der Waals surface area contributed by atoms with Gasteiger partial charge in [-0.2, -0.15) is 0 Å². The smallest absolute Gasteiger partial charge is 0.306 e. The zero-order valence-corrected chi connectivity index (χ0v) is 43.4. The molecule has 0 amide bonds. The molecular formula is C61H104O5. The minimum Gasteiger partial charge on any atom is -0.462 e. The van der Waals surface area contributed by atoms with Crippen molar-refractivity contribution in [2.45, 2.75) is 258 Å². The Kier molecular flexibility index (Phi) is 53.4. The van der Waals surface area contributed by atoms with E-state index in [1.807, 2.05) is 0 Å². The van der Waals surface area contributed by atoms with Crippen molar-refractivity contribution in [3.05, 3.63) is 97.2 Å². The maximum absolute atomic E-state index is 12.8. The van der Waals surface area contributed by atoms with Crippen LogP contribution in [0.4, 0.5) is 0 Å². The number of hydrogen-bond acceptors (Lipinski definition) is 5. The normalized spacial score (nSPS) is 13.0. The summed E-state index contributed by atoms with van der Waals surface area (Å²) < 4.78 is 17.4. The molecule has 378 valence electrons. The molecule has 0 bridgehead atoms. The zero-order chi connectivity index (χ0) is 47.7. The van der Waals surface area contributed by atoms with Gasteiger partial charge in [0.1, 0.15) is 6.61 Å². The van der Waals surface area contributed by atoms with Gasteiger partial charge in [-0.25, -0.2) is 0 Å². The highest BCUT2D eigenvalue weighted by Gasteiger charge is 2.17. The second-order valence-electron chi connectivity index (χ2n) is 18.1. The van der Waals surface area contributed by atoms with E-state index in [0.717, 1.165) is 103 Å². The van der Waals surface area contributed by atoms with E-state index < -0.39 is 6.10 Å². The second kappa shape index (κ2) is 56.1. The Morgan fingerprint density at radius 2 is 0.682 bits per heavy atom. The van der Waals surface area contributed by atoms with Crippen LogP contribution in [-0.4, -0.2) is 37.9 Å². The fraction of sp³-hybridized carbons (Fsp3) is 0.705. The number of ether oxygens (including phenoxy) is 3. The summed E-state index contributed by atoms with van der Waals surface area (Å²) in [5.41, 5.74) is 0. The van der Waals surface area contributed by atoms with Gasteiger partial charge in [0, 0.05) is 19.4 Å². The molecule has 0 heterocycles. The predicted molar refractivity (Wildman–Crippen MR) is 288 cm³/mol. The molecule has 0 fully saturated rings. The lowest BCUT2D eigenvalue weighted by molar-refractivity contribution is -0.163. The standard InChI is InChI=1S/C61H104O5/c1-4-7-10-13-16-19-22-25-28-30-31-33-34-36-39-42-45-48-51-54-60(62)65-58-59(57-64-56-53-50-47-44-41-38-27-24-21-18-15-12-9-6-3)66-61(63)55-52-49-46-43-40-37-35-32-29-26-23-20-17-14-11-8-5-2/h9,12,16-21,25-29,31,33,38,59H,4-8,10-11,13-15,22-24,30,32,34-37,39-58H2,1-3H3/b12-9-,19-16-,20-17-,21-18-,28-25-,29-26-,33-31-,38-27-. The minimum absolute atomic E-state index is 0.0615. The first-order valence-electron chi connectivity index (χ1n) is 27.8. The lowest BCUT2D eigenvalue weighted by atomic mass is 10.1. The molecule has 0 N–H and O–H groups in total. The van der Waals surface area contributed by atoms with Gasteiger partial charge in [-0.3, -0.25) is 9.59 Å². The summed E-state index contributed by atoms with van der Waals surface area (Å²) >= 11 is 0. The van der Waals surface area contributed by atoms with Gasteiger partial charge in [0.05, 0.1) is 6.61 Å². The Labute approximate surface area is 409 Å². The molecule has 0 saturated heterocycles. The van der Waals surface area contributed by atoms with Gasteiger partial charge >= 0.3 is 11.9 Å². The molecule has 0 aromatic carbocycles. The second-order valence-corrected chi connectivity index (χ2v) is 18.1. The van der Waals surface area contributed by atoms with Crippen LogP contribution in [0.3, 0.4) is 0 Å². The summed E-state index contributed by atoms with van der Waals surface area (Å²) in [6.45, 7) is 7.60. The summed E-state index contributed by atoms with van der Waals surface area (Å²) in [6.07, 6.45) is 75.6. The molecule has 0 aliphatic heterocycles. The fourth-order valence-electron chi connectivity index (χ4n) is 7.44. The van der Waals surface area contributed by atoms with Crippen molar-refractivity contribution in [3.63, 3.8) is 0 Å². The Morgan fingerprint density at radius 1 is 0.348 bits per heavy atom. The number of esters is 2. The molecule has 0 aromatic rings. The van der Waals surface area contributed by atoms with Gasteiger partial charge in [-0.1, -0.05) is 214 Å². The summed E-state index contributed by atoms with van der Waals surface area (Å²) in [6, 6.07) is 0. The molecule has 0 spiro atoms. The molecule has 0 radical (unpaired) electrons. The number of allylic oxidation sites excluding steroid dienone is 16. The number of unbranched alkanes of at least 4 members (excludes halogenated alkanes) is 23. The molecule has 0 aromatic heterocycles. The maximum atomic E-state index is 12.8. The van der Waals surface area contributed by atoms with E-state index >= 15 is 0 Å². The first-order chi connectivity index (χ1) is 32.6. The van der Waals surface area contributed by atoms with Crippen LogP contribution in [0.1, 0.15) is 252 Å². The Hall–Kier alpha value is -3.18. The van der Waals surface area contributed by atoms with Gasteiger partial charge < -0.3 is 14.2 Å². The van der Waals surface area contributed by atoms with Crippen molar-refractivity contribution in [2.75, 3.05) is 19.8 Å². The average molecular weight is 917 g/mol. The number of carbonyl (C=O) groups excluding carboxylic acids is 2. The summed E-state index contributed by atoms with van der Waals surface area (Å²) in [5.74, 6) is -0.434. The molecule has 0 aliphatic rings. The van der Waals surface area contributed by atoms with Crippen molar-refractivity contribution in [1.82, 2.24) is 0 Å². The maximum Gasteiger partial charge on any atom is 0.306 e. The molecule has 0 aliphatic carbocycles. The molecular weight excluding hydrogens is 813 g/mol. The molecule has 0 rings (SSSR count). The van der Waals surface area contributed by atoms with Crippen molar-refractivity contribution in [2.24, 2.45) is 0 Å². The van der Waals surface area contributed by atoms with E-state index in [4.69, 9.17) is 14.2 Å². The fourth-order valence-corrected chi connectivity index (χ4v) is 7.44. The van der Waals surface area contributed by atoms with E-state index in [0.29, 0.717) is 19.4 Å².